The zero-order valence-electron chi connectivity index (χ0n) is 54.5. The molecule has 3 N–H and O–H groups in total. The van der Waals surface area contributed by atoms with E-state index in [0.717, 1.165) is 133 Å². The molecule has 0 radical (unpaired) electrons. The van der Waals surface area contributed by atoms with E-state index in [4.69, 9.17) is 37.0 Å². The summed E-state index contributed by atoms with van der Waals surface area (Å²) in [5.74, 6) is 0.00627. The number of allylic oxidation sites excluding steroid dienone is 4. The minimum absolute atomic E-state index is 0.0833. The Balaban J connectivity index is 5.30. The standard InChI is InChI=1S/C66H124O17P2/c1-8-12-13-14-15-16-17-18-19-20-21-22-23-35-42-49-65(70)82-61(53-76-63(68)47-40-33-27-24-30-37-44-57(5)9-2)55-80-84(72,73)78-51-60(67)52-79-85(74,75)81-56-62(83-66(71)50-43-36-29-26-32-39-46-59(7)11-4)54-77-64(69)48-41-34-28-25-31-38-45-58(6)10-3/h16-19,57-62,67H,8-15,20-56H2,1-7H3,(H,72,73)(H,74,75)/b17-16-,19-18-/t57?,58?,59?,60-,61-,62-/m1/s1. The predicted molar refractivity (Wildman–Crippen MR) is 340 cm³/mol. The molecule has 0 spiro atoms. The van der Waals surface area contributed by atoms with Gasteiger partial charge >= 0.3 is 39.5 Å². The summed E-state index contributed by atoms with van der Waals surface area (Å²) in [4.78, 5) is 72.3. The summed E-state index contributed by atoms with van der Waals surface area (Å²) < 4.78 is 68.0. The molecule has 0 aromatic carbocycles. The molecule has 0 rings (SSSR count). The quantitative estimate of drug-likeness (QED) is 0.0169. The van der Waals surface area contributed by atoms with Crippen molar-refractivity contribution in [2.45, 2.75) is 317 Å². The Labute approximate surface area is 516 Å². The number of carbonyl (C=O) groups is 4. The molecule has 0 saturated carbocycles. The van der Waals surface area contributed by atoms with Crippen molar-refractivity contribution in [3.8, 4) is 0 Å². The zero-order chi connectivity index (χ0) is 63.1. The molecule has 0 amide bonds. The van der Waals surface area contributed by atoms with Crippen molar-refractivity contribution in [3.05, 3.63) is 24.3 Å². The van der Waals surface area contributed by atoms with E-state index >= 15 is 0 Å². The van der Waals surface area contributed by atoms with Gasteiger partial charge in [0, 0.05) is 25.7 Å². The summed E-state index contributed by atoms with van der Waals surface area (Å²) in [5, 5.41) is 10.5. The molecule has 0 aliphatic rings. The smallest absolute Gasteiger partial charge is 0.462 e. The van der Waals surface area contributed by atoms with Crippen LogP contribution in [0.15, 0.2) is 24.3 Å². The van der Waals surface area contributed by atoms with Crippen molar-refractivity contribution in [2.75, 3.05) is 39.6 Å². The molecule has 17 nitrogen and oxygen atoms in total. The summed E-state index contributed by atoms with van der Waals surface area (Å²) in [7, 11) is -9.91. The minimum Gasteiger partial charge on any atom is -0.462 e. The largest absolute Gasteiger partial charge is 0.472 e. The summed E-state index contributed by atoms with van der Waals surface area (Å²) in [6.07, 6.45) is 41.3. The maximum Gasteiger partial charge on any atom is 0.472 e. The van der Waals surface area contributed by atoms with Crippen LogP contribution in [0, 0.1) is 17.8 Å². The van der Waals surface area contributed by atoms with E-state index in [9.17, 15) is 43.2 Å². The lowest BCUT2D eigenvalue weighted by molar-refractivity contribution is -0.161. The lowest BCUT2D eigenvalue weighted by Gasteiger charge is -2.21. The molecule has 8 atom stereocenters. The zero-order valence-corrected chi connectivity index (χ0v) is 56.3. The number of aliphatic hydroxyl groups excluding tert-OH is 1. The molecule has 0 aromatic rings. The van der Waals surface area contributed by atoms with Gasteiger partial charge in [-0.05, 0) is 69.1 Å². The second kappa shape index (κ2) is 56.8. The number of phosphoric ester groups is 2. The van der Waals surface area contributed by atoms with Gasteiger partial charge in [0.15, 0.2) is 12.2 Å². The van der Waals surface area contributed by atoms with Crippen molar-refractivity contribution in [1.82, 2.24) is 0 Å². The Kier molecular flexibility index (Phi) is 55.1. The maximum atomic E-state index is 13.0. The normalized spacial score (nSPS) is 15.5. The van der Waals surface area contributed by atoms with E-state index in [1.165, 1.54) is 83.5 Å². The van der Waals surface area contributed by atoms with Gasteiger partial charge in [-0.25, -0.2) is 9.13 Å². The molecular weight excluding hydrogens is 1130 g/mol. The van der Waals surface area contributed by atoms with Crippen LogP contribution in [0.3, 0.4) is 0 Å². The summed E-state index contributed by atoms with van der Waals surface area (Å²) in [6, 6.07) is 0. The van der Waals surface area contributed by atoms with Gasteiger partial charge in [-0.2, -0.15) is 0 Å². The number of ether oxygens (including phenoxy) is 4. The highest BCUT2D eigenvalue weighted by atomic mass is 31.2. The molecule has 0 bridgehead atoms. The summed E-state index contributed by atoms with van der Waals surface area (Å²) in [5.41, 5.74) is 0. The number of hydrogen-bond donors (Lipinski definition) is 3. The molecule has 0 aromatic heterocycles. The molecule has 19 heteroatoms. The van der Waals surface area contributed by atoms with Gasteiger partial charge in [0.2, 0.25) is 0 Å². The number of phosphoric acid groups is 2. The topological polar surface area (TPSA) is 237 Å². The molecule has 0 saturated heterocycles. The number of carbonyl (C=O) groups excluding carboxylic acids is 4. The Hall–Kier alpha value is -2.46. The van der Waals surface area contributed by atoms with E-state index in [0.29, 0.717) is 25.7 Å². The van der Waals surface area contributed by atoms with Crippen molar-refractivity contribution >= 4 is 39.5 Å². The highest BCUT2D eigenvalue weighted by molar-refractivity contribution is 7.47. The van der Waals surface area contributed by atoms with Crippen LogP contribution in [0.25, 0.3) is 0 Å². The first-order chi connectivity index (χ1) is 40.8. The fraction of sp³-hybridized carbons (Fsp3) is 0.879. The molecule has 0 aliphatic carbocycles. The highest BCUT2D eigenvalue weighted by Crippen LogP contribution is 2.45. The second-order valence-electron chi connectivity index (χ2n) is 23.9. The average molecular weight is 1250 g/mol. The fourth-order valence-corrected chi connectivity index (χ4v) is 10.8. The molecule has 0 fully saturated rings. The lowest BCUT2D eigenvalue weighted by atomic mass is 10.00. The van der Waals surface area contributed by atoms with Gasteiger partial charge in [0.1, 0.15) is 19.3 Å². The third-order valence-electron chi connectivity index (χ3n) is 15.6. The SMILES string of the molecule is CCCCCC/C=C\C=C/CCCCCCCC(=O)O[C@H](COC(=O)CCCCCCCCC(C)CC)COP(=O)(O)OC[C@@H](O)COP(=O)(O)OC[C@@H](COC(=O)CCCCCCCCC(C)CC)OC(=O)CCCCCCCCC(C)CC. The van der Waals surface area contributed by atoms with Gasteiger partial charge in [-0.3, -0.25) is 37.3 Å². The van der Waals surface area contributed by atoms with Gasteiger partial charge in [0.25, 0.3) is 0 Å². The Morgan fingerprint density at radius 1 is 0.376 bits per heavy atom. The number of rotatable bonds is 62. The van der Waals surface area contributed by atoms with Crippen LogP contribution in [-0.4, -0.2) is 96.7 Å². The monoisotopic (exact) mass is 1250 g/mol. The Morgan fingerprint density at radius 3 is 0.988 bits per heavy atom. The Bertz CT molecular complexity index is 1780. The first-order valence-electron chi connectivity index (χ1n) is 33.8. The third kappa shape index (κ3) is 56.5. The van der Waals surface area contributed by atoms with E-state index in [1.54, 1.807) is 0 Å². The first kappa shape index (κ1) is 82.5. The van der Waals surface area contributed by atoms with E-state index in [2.05, 4.69) is 72.8 Å². The molecule has 5 unspecified atom stereocenters. The van der Waals surface area contributed by atoms with E-state index in [-0.39, 0.29) is 25.7 Å². The number of aliphatic hydroxyl groups is 1. The average Bonchev–Trinajstić information content (AvgIpc) is 3.57. The molecule has 0 aliphatic heterocycles. The van der Waals surface area contributed by atoms with Crippen molar-refractivity contribution in [2.24, 2.45) is 17.8 Å². The van der Waals surface area contributed by atoms with E-state index in [1.807, 2.05) is 0 Å². The van der Waals surface area contributed by atoms with Crippen LogP contribution in [-0.2, 0) is 65.4 Å². The van der Waals surface area contributed by atoms with E-state index < -0.39 is 97.5 Å². The highest BCUT2D eigenvalue weighted by Gasteiger charge is 2.30. The van der Waals surface area contributed by atoms with Crippen LogP contribution in [0.1, 0.15) is 299 Å². The Morgan fingerprint density at radius 2 is 0.659 bits per heavy atom. The minimum atomic E-state index is -4.96. The van der Waals surface area contributed by atoms with Gasteiger partial charge in [0.05, 0.1) is 26.4 Å². The lowest BCUT2D eigenvalue weighted by Crippen LogP contribution is -2.30. The molecule has 500 valence electrons. The molecular formula is C66H124O17P2. The van der Waals surface area contributed by atoms with Crippen LogP contribution in [0.5, 0.6) is 0 Å². The van der Waals surface area contributed by atoms with Crippen LogP contribution in [0.4, 0.5) is 0 Å². The third-order valence-corrected chi connectivity index (χ3v) is 17.5. The van der Waals surface area contributed by atoms with Gasteiger partial charge < -0.3 is 33.8 Å². The number of esters is 4. The first-order valence-corrected chi connectivity index (χ1v) is 36.8. The van der Waals surface area contributed by atoms with Crippen molar-refractivity contribution in [3.63, 3.8) is 0 Å². The molecule has 0 heterocycles. The predicted octanol–water partition coefficient (Wildman–Crippen LogP) is 17.8. The molecule has 85 heavy (non-hydrogen) atoms. The van der Waals surface area contributed by atoms with Gasteiger partial charge in [-0.15, -0.1) is 0 Å². The van der Waals surface area contributed by atoms with Crippen LogP contribution < -0.4 is 0 Å². The van der Waals surface area contributed by atoms with Crippen LogP contribution in [0.2, 0.25) is 0 Å². The summed E-state index contributed by atoms with van der Waals surface area (Å²) in [6.45, 7) is 11.6. The van der Waals surface area contributed by atoms with Gasteiger partial charge in [-0.1, -0.05) is 246 Å². The number of unbranched alkanes of at least 4 members (excludes halogenated alkanes) is 24. The van der Waals surface area contributed by atoms with Crippen molar-refractivity contribution < 1.29 is 80.2 Å². The van der Waals surface area contributed by atoms with Crippen LogP contribution >= 0.6 is 15.6 Å². The second-order valence-corrected chi connectivity index (χ2v) is 26.8. The fourth-order valence-electron chi connectivity index (χ4n) is 9.20. The number of hydrogen-bond acceptors (Lipinski definition) is 15. The summed E-state index contributed by atoms with van der Waals surface area (Å²) >= 11 is 0. The van der Waals surface area contributed by atoms with Crippen molar-refractivity contribution in [1.29, 1.82) is 0 Å². The maximum absolute atomic E-state index is 13.0.